The summed E-state index contributed by atoms with van der Waals surface area (Å²) in [6, 6.07) is 0. The SMILES string of the molecule is CCCCCCC(=O)NP. The van der Waals surface area contributed by atoms with E-state index in [1.165, 1.54) is 19.3 Å². The highest BCUT2D eigenvalue weighted by Gasteiger charge is 1.95. The zero-order chi connectivity index (χ0) is 7.82. The van der Waals surface area contributed by atoms with Crippen LogP contribution in [0.1, 0.15) is 39.0 Å². The highest BCUT2D eigenvalue weighted by atomic mass is 31.0. The summed E-state index contributed by atoms with van der Waals surface area (Å²) in [5.74, 6) is 0.126. The van der Waals surface area contributed by atoms with Crippen molar-refractivity contribution < 1.29 is 4.79 Å². The lowest BCUT2D eigenvalue weighted by Gasteiger charge is -1.97. The van der Waals surface area contributed by atoms with Gasteiger partial charge >= 0.3 is 0 Å². The van der Waals surface area contributed by atoms with Crippen LogP contribution in [0.5, 0.6) is 0 Å². The lowest BCUT2D eigenvalue weighted by Crippen LogP contribution is -2.10. The maximum atomic E-state index is 10.6. The molecule has 10 heavy (non-hydrogen) atoms. The fourth-order valence-corrected chi connectivity index (χ4v) is 0.929. The van der Waals surface area contributed by atoms with Gasteiger partial charge in [-0.2, -0.15) is 0 Å². The fourth-order valence-electron chi connectivity index (χ4n) is 0.785. The van der Waals surface area contributed by atoms with Gasteiger partial charge in [-0.15, -0.1) is 0 Å². The number of nitrogens with one attached hydrogen (secondary N) is 1. The average molecular weight is 161 g/mol. The fraction of sp³-hybridized carbons (Fsp3) is 0.857. The molecule has 0 radical (unpaired) electrons. The summed E-state index contributed by atoms with van der Waals surface area (Å²) in [5, 5.41) is 2.52. The Bertz CT molecular complexity index is 95.6. The summed E-state index contributed by atoms with van der Waals surface area (Å²) in [6.07, 6.45) is 5.33. The Balaban J connectivity index is 2.96. The normalized spacial score (nSPS) is 9.40. The average Bonchev–Trinajstić information content (AvgIpc) is 1.98. The molecular weight excluding hydrogens is 145 g/mol. The molecule has 3 heteroatoms. The van der Waals surface area contributed by atoms with Gasteiger partial charge in [0.25, 0.3) is 0 Å². The van der Waals surface area contributed by atoms with Crippen LogP contribution < -0.4 is 5.09 Å². The van der Waals surface area contributed by atoms with E-state index in [9.17, 15) is 4.79 Å². The maximum absolute atomic E-state index is 10.6. The molecule has 0 rings (SSSR count). The first kappa shape index (κ1) is 9.90. The Morgan fingerprint density at radius 3 is 2.60 bits per heavy atom. The van der Waals surface area contributed by atoms with Crippen molar-refractivity contribution in [1.82, 2.24) is 5.09 Å². The standard InChI is InChI=1S/C7H16NOP/c1-2-3-4-5-6-7(9)8-10/h2-6,10H2,1H3,(H,8,9). The first-order valence-corrected chi connectivity index (χ1v) is 4.38. The molecule has 0 aromatic heterocycles. The van der Waals surface area contributed by atoms with Gasteiger partial charge in [-0.05, 0) is 15.8 Å². The molecule has 0 aliphatic heterocycles. The third-order valence-electron chi connectivity index (χ3n) is 1.42. The molecule has 0 aliphatic carbocycles. The van der Waals surface area contributed by atoms with Gasteiger partial charge in [0.2, 0.25) is 5.91 Å². The second kappa shape index (κ2) is 7.01. The minimum absolute atomic E-state index is 0.126. The summed E-state index contributed by atoms with van der Waals surface area (Å²) in [5.41, 5.74) is 0. The van der Waals surface area contributed by atoms with Crippen LogP contribution in [0, 0.1) is 0 Å². The molecule has 0 heterocycles. The van der Waals surface area contributed by atoms with Gasteiger partial charge in [0.15, 0.2) is 0 Å². The van der Waals surface area contributed by atoms with E-state index in [-0.39, 0.29) is 5.91 Å². The van der Waals surface area contributed by atoms with E-state index in [2.05, 4.69) is 21.4 Å². The Hall–Kier alpha value is -0.100. The molecule has 1 atom stereocenters. The number of carbonyl (C=O) groups excluding carboxylic acids is 1. The van der Waals surface area contributed by atoms with Crippen molar-refractivity contribution in [2.45, 2.75) is 39.0 Å². The Morgan fingerprint density at radius 2 is 2.10 bits per heavy atom. The van der Waals surface area contributed by atoms with Crippen LogP contribution in [0.3, 0.4) is 0 Å². The predicted octanol–water partition coefficient (Wildman–Crippen LogP) is 1.86. The van der Waals surface area contributed by atoms with Crippen LogP contribution in [0.4, 0.5) is 0 Å². The minimum Gasteiger partial charge on any atom is -0.341 e. The summed E-state index contributed by atoms with van der Waals surface area (Å²) in [4.78, 5) is 10.6. The smallest absolute Gasteiger partial charge is 0.222 e. The molecule has 1 N–H and O–H groups in total. The van der Waals surface area contributed by atoms with Crippen LogP contribution in [-0.2, 0) is 4.79 Å². The van der Waals surface area contributed by atoms with Crippen molar-refractivity contribution in [1.29, 1.82) is 0 Å². The largest absolute Gasteiger partial charge is 0.341 e. The number of unbranched alkanes of at least 4 members (excludes halogenated alkanes) is 3. The van der Waals surface area contributed by atoms with E-state index in [1.54, 1.807) is 0 Å². The number of hydrogen-bond donors (Lipinski definition) is 1. The number of amides is 1. The molecule has 0 spiro atoms. The van der Waals surface area contributed by atoms with Crippen molar-refractivity contribution in [3.63, 3.8) is 0 Å². The minimum atomic E-state index is 0.126. The van der Waals surface area contributed by atoms with Crippen molar-refractivity contribution in [2.24, 2.45) is 0 Å². The second-order valence-electron chi connectivity index (χ2n) is 2.38. The van der Waals surface area contributed by atoms with Gasteiger partial charge in [-0.1, -0.05) is 26.2 Å². The molecule has 2 nitrogen and oxygen atoms in total. The van der Waals surface area contributed by atoms with Gasteiger partial charge in [0.05, 0.1) is 0 Å². The summed E-state index contributed by atoms with van der Waals surface area (Å²) in [7, 11) is 2.22. The summed E-state index contributed by atoms with van der Waals surface area (Å²) in [6.45, 7) is 2.16. The van der Waals surface area contributed by atoms with Gasteiger partial charge in [-0.3, -0.25) is 4.79 Å². The number of rotatable bonds is 5. The molecule has 0 aliphatic rings. The predicted molar refractivity (Wildman–Crippen MR) is 46.6 cm³/mol. The third kappa shape index (κ3) is 6.03. The van der Waals surface area contributed by atoms with Crippen molar-refractivity contribution in [3.05, 3.63) is 0 Å². The van der Waals surface area contributed by atoms with E-state index in [0.29, 0.717) is 6.42 Å². The lowest BCUT2D eigenvalue weighted by molar-refractivity contribution is -0.119. The van der Waals surface area contributed by atoms with Crippen LogP contribution in [0.25, 0.3) is 0 Å². The maximum Gasteiger partial charge on any atom is 0.222 e. The van der Waals surface area contributed by atoms with E-state index in [1.807, 2.05) is 0 Å². The lowest BCUT2D eigenvalue weighted by atomic mass is 10.1. The van der Waals surface area contributed by atoms with E-state index in [4.69, 9.17) is 0 Å². The molecule has 0 aromatic rings. The summed E-state index contributed by atoms with van der Waals surface area (Å²) >= 11 is 0. The third-order valence-corrected chi connectivity index (χ3v) is 1.74. The van der Waals surface area contributed by atoms with Crippen molar-refractivity contribution in [2.75, 3.05) is 0 Å². The molecule has 1 unspecified atom stereocenters. The second-order valence-corrected chi connectivity index (χ2v) is 2.67. The molecule has 1 amide bonds. The van der Waals surface area contributed by atoms with Crippen molar-refractivity contribution >= 4 is 15.3 Å². The molecule has 0 aromatic carbocycles. The van der Waals surface area contributed by atoms with Crippen LogP contribution in [0.15, 0.2) is 0 Å². The molecular formula is C7H16NOP. The topological polar surface area (TPSA) is 29.1 Å². The number of carbonyl (C=O) groups is 1. The van der Waals surface area contributed by atoms with Gasteiger partial charge in [-0.25, -0.2) is 0 Å². The first-order valence-electron chi connectivity index (χ1n) is 3.80. The molecule has 60 valence electrons. The highest BCUT2D eigenvalue weighted by molar-refractivity contribution is 7.15. The zero-order valence-corrected chi connectivity index (χ0v) is 7.68. The Morgan fingerprint density at radius 1 is 1.40 bits per heavy atom. The monoisotopic (exact) mass is 161 g/mol. The molecule has 0 fully saturated rings. The van der Waals surface area contributed by atoms with Gasteiger partial charge in [0.1, 0.15) is 0 Å². The van der Waals surface area contributed by atoms with Gasteiger partial charge < -0.3 is 5.09 Å². The summed E-state index contributed by atoms with van der Waals surface area (Å²) < 4.78 is 0. The Labute approximate surface area is 65.0 Å². The van der Waals surface area contributed by atoms with Crippen LogP contribution in [0.2, 0.25) is 0 Å². The van der Waals surface area contributed by atoms with E-state index >= 15 is 0 Å². The quantitative estimate of drug-likeness (QED) is 0.484. The van der Waals surface area contributed by atoms with Crippen LogP contribution >= 0.6 is 9.39 Å². The molecule has 0 saturated carbocycles. The van der Waals surface area contributed by atoms with E-state index < -0.39 is 0 Å². The first-order chi connectivity index (χ1) is 4.81. The Kier molecular flexibility index (Phi) is 6.94. The van der Waals surface area contributed by atoms with E-state index in [0.717, 1.165) is 6.42 Å². The highest BCUT2D eigenvalue weighted by Crippen LogP contribution is 2.01. The number of hydrogen-bond acceptors (Lipinski definition) is 1. The van der Waals surface area contributed by atoms with Crippen LogP contribution in [-0.4, -0.2) is 5.91 Å². The molecule has 0 bridgehead atoms. The van der Waals surface area contributed by atoms with Gasteiger partial charge in [0, 0.05) is 6.42 Å². The zero-order valence-electron chi connectivity index (χ0n) is 6.52. The van der Waals surface area contributed by atoms with Crippen molar-refractivity contribution in [3.8, 4) is 0 Å². The molecule has 0 saturated heterocycles.